The number of aromatic nitrogens is 1. The van der Waals surface area contributed by atoms with E-state index in [1.54, 1.807) is 6.92 Å². The van der Waals surface area contributed by atoms with Crippen molar-refractivity contribution in [3.63, 3.8) is 0 Å². The maximum Gasteiger partial charge on any atom is 0.277 e. The molecule has 0 aromatic carbocycles. The van der Waals surface area contributed by atoms with Crippen molar-refractivity contribution < 1.29 is 4.92 Å². The maximum atomic E-state index is 10.8. The monoisotopic (exact) mass is 237 g/mol. The zero-order valence-electron chi connectivity index (χ0n) is 10.8. The van der Waals surface area contributed by atoms with Crippen molar-refractivity contribution in [3.05, 3.63) is 27.9 Å². The molecule has 0 atom stereocenters. The Morgan fingerprint density at radius 2 is 2.12 bits per heavy atom. The van der Waals surface area contributed by atoms with Gasteiger partial charge in [0.25, 0.3) is 5.69 Å². The topological polar surface area (TPSA) is 68.1 Å². The Hall–Kier alpha value is -1.65. The summed E-state index contributed by atoms with van der Waals surface area (Å²) in [7, 11) is 0. The summed E-state index contributed by atoms with van der Waals surface area (Å²) in [6.45, 7) is 8.90. The van der Waals surface area contributed by atoms with E-state index in [0.29, 0.717) is 11.4 Å². The van der Waals surface area contributed by atoms with E-state index in [4.69, 9.17) is 0 Å². The van der Waals surface area contributed by atoms with Gasteiger partial charge in [-0.1, -0.05) is 20.8 Å². The summed E-state index contributed by atoms with van der Waals surface area (Å²) in [6.07, 6.45) is 2.51. The van der Waals surface area contributed by atoms with Crippen molar-refractivity contribution in [2.75, 3.05) is 11.9 Å². The molecule has 0 spiro atoms. The SMILES string of the molecule is Cc1cnc(NCCC(C)(C)C)cc1[N+](=O)[O-]. The van der Waals surface area contributed by atoms with Crippen LogP contribution in [0, 0.1) is 22.5 Å². The van der Waals surface area contributed by atoms with E-state index in [1.807, 2.05) is 0 Å². The number of pyridine rings is 1. The zero-order valence-corrected chi connectivity index (χ0v) is 10.8. The normalized spacial score (nSPS) is 11.3. The molecule has 1 N–H and O–H groups in total. The second kappa shape index (κ2) is 5.12. The highest BCUT2D eigenvalue weighted by atomic mass is 16.6. The van der Waals surface area contributed by atoms with Crippen LogP contribution in [-0.2, 0) is 0 Å². The van der Waals surface area contributed by atoms with Crippen molar-refractivity contribution in [1.29, 1.82) is 0 Å². The van der Waals surface area contributed by atoms with Crippen LogP contribution in [0.15, 0.2) is 12.3 Å². The van der Waals surface area contributed by atoms with Gasteiger partial charge in [0.05, 0.1) is 11.0 Å². The standard InChI is InChI=1S/C12H19N3O2/c1-9-8-14-11(7-10(9)15(16)17)13-6-5-12(2,3)4/h7-8H,5-6H2,1-4H3,(H,13,14). The van der Waals surface area contributed by atoms with E-state index in [2.05, 4.69) is 31.1 Å². The molecule has 5 nitrogen and oxygen atoms in total. The van der Waals surface area contributed by atoms with Crippen LogP contribution in [0.4, 0.5) is 11.5 Å². The first-order chi connectivity index (χ1) is 7.79. The lowest BCUT2D eigenvalue weighted by Crippen LogP contribution is -2.13. The summed E-state index contributed by atoms with van der Waals surface area (Å²) >= 11 is 0. The highest BCUT2D eigenvalue weighted by Gasteiger charge is 2.13. The first kappa shape index (κ1) is 13.4. The highest BCUT2D eigenvalue weighted by Crippen LogP contribution is 2.21. The molecule has 1 aromatic heterocycles. The van der Waals surface area contributed by atoms with Gasteiger partial charge in [0.15, 0.2) is 0 Å². The molecule has 0 aliphatic rings. The summed E-state index contributed by atoms with van der Waals surface area (Å²) in [5.41, 5.74) is 0.929. The second-order valence-corrected chi connectivity index (χ2v) is 5.35. The zero-order chi connectivity index (χ0) is 13.1. The number of anilines is 1. The van der Waals surface area contributed by atoms with Gasteiger partial charge in [-0.3, -0.25) is 10.1 Å². The Morgan fingerprint density at radius 3 is 2.65 bits per heavy atom. The van der Waals surface area contributed by atoms with Crippen LogP contribution in [0.2, 0.25) is 0 Å². The molecule has 0 fully saturated rings. The van der Waals surface area contributed by atoms with E-state index in [-0.39, 0.29) is 16.0 Å². The predicted octanol–water partition coefficient (Wildman–Crippen LogP) is 3.15. The molecule has 0 aliphatic carbocycles. The van der Waals surface area contributed by atoms with Crippen molar-refractivity contribution in [2.45, 2.75) is 34.1 Å². The second-order valence-electron chi connectivity index (χ2n) is 5.35. The molecule has 1 heterocycles. The Balaban J connectivity index is 2.67. The fourth-order valence-corrected chi connectivity index (χ4v) is 1.37. The van der Waals surface area contributed by atoms with Crippen molar-refractivity contribution in [1.82, 2.24) is 4.98 Å². The summed E-state index contributed by atoms with van der Waals surface area (Å²) in [5.74, 6) is 0.562. The molecular weight excluding hydrogens is 218 g/mol. The van der Waals surface area contributed by atoms with Crippen LogP contribution >= 0.6 is 0 Å². The molecule has 0 saturated heterocycles. The molecular formula is C12H19N3O2. The van der Waals surface area contributed by atoms with E-state index >= 15 is 0 Å². The third-order valence-electron chi connectivity index (χ3n) is 2.45. The van der Waals surface area contributed by atoms with E-state index in [9.17, 15) is 10.1 Å². The molecule has 17 heavy (non-hydrogen) atoms. The van der Waals surface area contributed by atoms with Crippen LogP contribution in [0.1, 0.15) is 32.8 Å². The maximum absolute atomic E-state index is 10.8. The molecule has 0 amide bonds. The lowest BCUT2D eigenvalue weighted by Gasteiger charge is -2.18. The molecule has 0 radical (unpaired) electrons. The summed E-state index contributed by atoms with van der Waals surface area (Å²) < 4.78 is 0. The van der Waals surface area contributed by atoms with Gasteiger partial charge >= 0.3 is 0 Å². The molecule has 1 aromatic rings. The minimum absolute atomic E-state index is 0.109. The third-order valence-corrected chi connectivity index (χ3v) is 2.45. The van der Waals surface area contributed by atoms with Crippen LogP contribution in [-0.4, -0.2) is 16.5 Å². The van der Waals surface area contributed by atoms with Crippen LogP contribution in [0.5, 0.6) is 0 Å². The first-order valence-electron chi connectivity index (χ1n) is 5.64. The summed E-state index contributed by atoms with van der Waals surface area (Å²) in [4.78, 5) is 14.5. The molecule has 94 valence electrons. The lowest BCUT2D eigenvalue weighted by atomic mass is 9.92. The number of rotatable bonds is 4. The minimum atomic E-state index is -0.383. The average molecular weight is 237 g/mol. The van der Waals surface area contributed by atoms with Gasteiger partial charge in [-0.2, -0.15) is 0 Å². The molecule has 0 saturated carbocycles. The van der Waals surface area contributed by atoms with Gasteiger partial charge in [-0.15, -0.1) is 0 Å². The van der Waals surface area contributed by atoms with Gasteiger partial charge in [-0.05, 0) is 18.8 Å². The number of nitrogens with zero attached hydrogens (tertiary/aromatic N) is 2. The van der Waals surface area contributed by atoms with E-state index in [1.165, 1.54) is 12.3 Å². The Bertz CT molecular complexity index is 411. The number of hydrogen-bond acceptors (Lipinski definition) is 4. The number of nitro groups is 1. The van der Waals surface area contributed by atoms with Gasteiger partial charge in [0.2, 0.25) is 0 Å². The number of nitrogens with one attached hydrogen (secondary N) is 1. The Morgan fingerprint density at radius 1 is 1.47 bits per heavy atom. The number of aryl methyl sites for hydroxylation is 1. The quantitative estimate of drug-likeness (QED) is 0.645. The molecule has 1 rings (SSSR count). The van der Waals surface area contributed by atoms with E-state index < -0.39 is 0 Å². The van der Waals surface area contributed by atoms with E-state index in [0.717, 1.165) is 13.0 Å². The smallest absolute Gasteiger partial charge is 0.277 e. The van der Waals surface area contributed by atoms with Crippen molar-refractivity contribution >= 4 is 11.5 Å². The lowest BCUT2D eigenvalue weighted by molar-refractivity contribution is -0.385. The first-order valence-corrected chi connectivity index (χ1v) is 5.64. The molecule has 0 unspecified atom stereocenters. The highest BCUT2D eigenvalue weighted by molar-refractivity contribution is 5.48. The fraction of sp³-hybridized carbons (Fsp3) is 0.583. The minimum Gasteiger partial charge on any atom is -0.370 e. The van der Waals surface area contributed by atoms with Gasteiger partial charge in [0.1, 0.15) is 5.82 Å². The summed E-state index contributed by atoms with van der Waals surface area (Å²) in [6, 6.07) is 1.48. The largest absolute Gasteiger partial charge is 0.370 e. The third kappa shape index (κ3) is 4.38. The molecule has 0 bridgehead atoms. The average Bonchev–Trinajstić information content (AvgIpc) is 2.18. The van der Waals surface area contributed by atoms with Crippen LogP contribution < -0.4 is 5.32 Å². The Labute approximate surface area is 101 Å². The number of hydrogen-bond donors (Lipinski definition) is 1. The van der Waals surface area contributed by atoms with Gasteiger partial charge in [-0.25, -0.2) is 4.98 Å². The van der Waals surface area contributed by atoms with Crippen LogP contribution in [0.25, 0.3) is 0 Å². The van der Waals surface area contributed by atoms with Crippen molar-refractivity contribution in [2.24, 2.45) is 5.41 Å². The summed E-state index contributed by atoms with van der Waals surface area (Å²) in [5, 5.41) is 13.9. The Kier molecular flexibility index (Phi) is 4.04. The van der Waals surface area contributed by atoms with Crippen LogP contribution in [0.3, 0.4) is 0 Å². The van der Waals surface area contributed by atoms with Crippen molar-refractivity contribution in [3.8, 4) is 0 Å². The predicted molar refractivity (Wildman–Crippen MR) is 68.2 cm³/mol. The van der Waals surface area contributed by atoms with Gasteiger partial charge < -0.3 is 5.32 Å². The van der Waals surface area contributed by atoms with Gasteiger partial charge in [0, 0.05) is 18.3 Å². The fourth-order valence-electron chi connectivity index (χ4n) is 1.37. The molecule has 0 aliphatic heterocycles. The molecule has 5 heteroatoms.